The minimum Gasteiger partial charge on any atom is -0.391 e. The van der Waals surface area contributed by atoms with Crippen molar-refractivity contribution in [1.29, 1.82) is 0 Å². The van der Waals surface area contributed by atoms with Crippen molar-refractivity contribution in [2.75, 3.05) is 0 Å². The lowest BCUT2D eigenvalue weighted by Gasteiger charge is -2.17. The summed E-state index contributed by atoms with van der Waals surface area (Å²) in [5, 5.41) is 9.24. The molecule has 0 saturated carbocycles. The molecule has 0 heterocycles. The van der Waals surface area contributed by atoms with E-state index < -0.39 is 23.8 Å². The van der Waals surface area contributed by atoms with E-state index in [9.17, 15) is 14.7 Å². The summed E-state index contributed by atoms with van der Waals surface area (Å²) < 4.78 is 0. The van der Waals surface area contributed by atoms with Gasteiger partial charge in [-0.25, -0.2) is 0 Å². The van der Waals surface area contributed by atoms with Gasteiger partial charge in [0.2, 0.25) is 0 Å². The molecule has 3 N–H and O–H groups in total. The Labute approximate surface area is 100 Å². The Bertz CT molecular complexity index is 376. The van der Waals surface area contributed by atoms with E-state index >= 15 is 0 Å². The molecule has 0 amide bonds. The lowest BCUT2D eigenvalue weighted by atomic mass is 9.91. The van der Waals surface area contributed by atoms with Gasteiger partial charge in [0.05, 0.1) is 18.1 Å². The third-order valence-corrected chi connectivity index (χ3v) is 2.68. The van der Waals surface area contributed by atoms with E-state index in [-0.39, 0.29) is 0 Å². The summed E-state index contributed by atoms with van der Waals surface area (Å²) in [7, 11) is 0. The molecule has 1 unspecified atom stereocenters. The molecule has 4 heteroatoms. The smallest absolute Gasteiger partial charge is 0.162 e. The molecular formula is C13H17NO3. The summed E-state index contributed by atoms with van der Waals surface area (Å²) in [6, 6.07) is 8.24. The Balaban J connectivity index is 2.73. The van der Waals surface area contributed by atoms with Crippen LogP contribution in [0.3, 0.4) is 0 Å². The van der Waals surface area contributed by atoms with Gasteiger partial charge in [0.1, 0.15) is 6.29 Å². The van der Waals surface area contributed by atoms with E-state index in [1.54, 1.807) is 0 Å². The normalized spacial score (nSPS) is 15.9. The van der Waals surface area contributed by atoms with Crippen LogP contribution >= 0.6 is 0 Å². The Morgan fingerprint density at radius 2 is 2.00 bits per heavy atom. The van der Waals surface area contributed by atoms with E-state index in [0.717, 1.165) is 5.56 Å². The lowest BCUT2D eigenvalue weighted by molar-refractivity contribution is -0.130. The molecule has 0 spiro atoms. The zero-order valence-corrected chi connectivity index (χ0v) is 9.74. The molecule has 0 aliphatic heterocycles. The average molecular weight is 235 g/mol. The van der Waals surface area contributed by atoms with Crippen molar-refractivity contribution in [1.82, 2.24) is 0 Å². The number of aliphatic hydroxyl groups excluding tert-OH is 1. The van der Waals surface area contributed by atoms with Gasteiger partial charge >= 0.3 is 0 Å². The van der Waals surface area contributed by atoms with Crippen LogP contribution in [0.25, 0.3) is 0 Å². The highest BCUT2D eigenvalue weighted by Gasteiger charge is 2.27. The van der Waals surface area contributed by atoms with Gasteiger partial charge in [0.15, 0.2) is 5.78 Å². The maximum absolute atomic E-state index is 11.8. The zero-order valence-electron chi connectivity index (χ0n) is 9.74. The molecule has 0 saturated heterocycles. The van der Waals surface area contributed by atoms with Crippen LogP contribution in [0.2, 0.25) is 0 Å². The second kappa shape index (κ2) is 6.27. The topological polar surface area (TPSA) is 80.4 Å². The van der Waals surface area contributed by atoms with Gasteiger partial charge in [-0.05, 0) is 18.9 Å². The highest BCUT2D eigenvalue weighted by molar-refractivity contribution is 5.97. The predicted octanol–water partition coefficient (Wildman–Crippen LogP) is 0.321. The van der Waals surface area contributed by atoms with Crippen LogP contribution in [0, 0.1) is 5.92 Å². The van der Waals surface area contributed by atoms with Crippen molar-refractivity contribution in [2.45, 2.75) is 25.5 Å². The third kappa shape index (κ3) is 3.76. The maximum Gasteiger partial charge on any atom is 0.162 e. The maximum atomic E-state index is 11.8. The first-order valence-electron chi connectivity index (χ1n) is 5.53. The number of nitrogens with two attached hydrogens (primary N) is 1. The molecule has 0 aromatic heterocycles. The molecule has 0 bridgehead atoms. The SMILES string of the molecule is C[C@@H](O)[C@H](N)C(=O)C(C=O)Cc1ccccc1. The Morgan fingerprint density at radius 3 is 2.47 bits per heavy atom. The second-order valence-electron chi connectivity index (χ2n) is 4.10. The summed E-state index contributed by atoms with van der Waals surface area (Å²) in [4.78, 5) is 22.7. The molecule has 17 heavy (non-hydrogen) atoms. The molecule has 0 aliphatic carbocycles. The minimum absolute atomic E-state index is 0.323. The second-order valence-corrected chi connectivity index (χ2v) is 4.10. The van der Waals surface area contributed by atoms with Gasteiger partial charge in [-0.3, -0.25) is 4.79 Å². The third-order valence-electron chi connectivity index (χ3n) is 2.68. The zero-order chi connectivity index (χ0) is 12.8. The first-order valence-corrected chi connectivity index (χ1v) is 5.53. The summed E-state index contributed by atoms with van der Waals surface area (Å²) in [5.41, 5.74) is 6.43. The largest absolute Gasteiger partial charge is 0.391 e. The molecule has 1 rings (SSSR count). The van der Waals surface area contributed by atoms with Crippen molar-refractivity contribution in [3.63, 3.8) is 0 Å². The number of rotatable bonds is 6. The fourth-order valence-electron chi connectivity index (χ4n) is 1.57. The monoisotopic (exact) mass is 235 g/mol. The number of aldehydes is 1. The number of hydrogen-bond donors (Lipinski definition) is 2. The van der Waals surface area contributed by atoms with Gasteiger partial charge < -0.3 is 15.6 Å². The summed E-state index contributed by atoms with van der Waals surface area (Å²) in [5.74, 6) is -1.21. The first kappa shape index (κ1) is 13.5. The highest BCUT2D eigenvalue weighted by atomic mass is 16.3. The van der Waals surface area contributed by atoms with Crippen LogP contribution in [0.4, 0.5) is 0 Å². The van der Waals surface area contributed by atoms with Crippen LogP contribution in [-0.4, -0.2) is 29.3 Å². The van der Waals surface area contributed by atoms with Crippen molar-refractivity contribution in [3.8, 4) is 0 Å². The number of benzene rings is 1. The van der Waals surface area contributed by atoms with Gasteiger partial charge in [-0.15, -0.1) is 0 Å². The van der Waals surface area contributed by atoms with E-state index in [1.807, 2.05) is 30.3 Å². The number of carbonyl (C=O) groups is 2. The van der Waals surface area contributed by atoms with Crippen molar-refractivity contribution in [2.24, 2.45) is 11.7 Å². The molecule has 0 fully saturated rings. The van der Waals surface area contributed by atoms with Crippen molar-refractivity contribution < 1.29 is 14.7 Å². The van der Waals surface area contributed by atoms with E-state index in [0.29, 0.717) is 12.7 Å². The number of ketones is 1. The van der Waals surface area contributed by atoms with Crippen LogP contribution < -0.4 is 5.73 Å². The fourth-order valence-corrected chi connectivity index (χ4v) is 1.57. The summed E-state index contributed by atoms with van der Waals surface area (Å²) in [6.07, 6.45) is -0.0260. The number of carbonyl (C=O) groups excluding carboxylic acids is 2. The summed E-state index contributed by atoms with van der Waals surface area (Å²) >= 11 is 0. The standard InChI is InChI=1S/C13H17NO3/c1-9(16)12(14)13(17)11(8-15)7-10-5-3-2-4-6-10/h2-6,8-9,11-12,16H,7,14H2,1H3/t9-,11?,12+/m1/s1. The molecule has 1 aromatic carbocycles. The van der Waals surface area contributed by atoms with Crippen LogP contribution in [0.15, 0.2) is 30.3 Å². The summed E-state index contributed by atoms with van der Waals surface area (Å²) in [6.45, 7) is 1.44. The molecule has 4 nitrogen and oxygen atoms in total. The fraction of sp³-hybridized carbons (Fsp3) is 0.385. The van der Waals surface area contributed by atoms with Crippen molar-refractivity contribution >= 4 is 12.1 Å². The minimum atomic E-state index is -1.01. The lowest BCUT2D eigenvalue weighted by Crippen LogP contribution is -2.44. The van der Waals surface area contributed by atoms with E-state index in [1.165, 1.54) is 6.92 Å². The van der Waals surface area contributed by atoms with Crippen LogP contribution in [-0.2, 0) is 16.0 Å². The molecule has 1 aromatic rings. The van der Waals surface area contributed by atoms with E-state index in [4.69, 9.17) is 5.73 Å². The quantitative estimate of drug-likeness (QED) is 0.549. The van der Waals surface area contributed by atoms with Crippen LogP contribution in [0.5, 0.6) is 0 Å². The van der Waals surface area contributed by atoms with Gasteiger partial charge in [0.25, 0.3) is 0 Å². The van der Waals surface area contributed by atoms with E-state index in [2.05, 4.69) is 0 Å². The van der Waals surface area contributed by atoms with Gasteiger partial charge in [-0.2, -0.15) is 0 Å². The Hall–Kier alpha value is -1.52. The van der Waals surface area contributed by atoms with Gasteiger partial charge in [0, 0.05) is 0 Å². The Morgan fingerprint density at radius 1 is 1.41 bits per heavy atom. The predicted molar refractivity (Wildman–Crippen MR) is 64.4 cm³/mol. The number of Topliss-reactive ketones (excluding diaryl/α,β-unsaturated/α-hetero) is 1. The number of aliphatic hydroxyl groups is 1. The van der Waals surface area contributed by atoms with Gasteiger partial charge in [-0.1, -0.05) is 30.3 Å². The molecule has 3 atom stereocenters. The highest BCUT2D eigenvalue weighted by Crippen LogP contribution is 2.10. The average Bonchev–Trinajstić information content (AvgIpc) is 2.35. The molecule has 0 radical (unpaired) electrons. The Kier molecular flexibility index (Phi) is 5.00. The first-order chi connectivity index (χ1) is 8.06. The van der Waals surface area contributed by atoms with Crippen molar-refractivity contribution in [3.05, 3.63) is 35.9 Å². The molecule has 0 aliphatic rings. The molecule has 92 valence electrons. The molecular weight excluding hydrogens is 218 g/mol. The van der Waals surface area contributed by atoms with Crippen LogP contribution in [0.1, 0.15) is 12.5 Å². The number of hydrogen-bond acceptors (Lipinski definition) is 4.